The average Bonchev–Trinajstić information content (AvgIpc) is 2.26. The second-order valence-electron chi connectivity index (χ2n) is 5.63. The normalized spacial score (nSPS) is 17.4. The number of ketones is 2. The Morgan fingerprint density at radius 3 is 1.50 bits per heavy atom. The molecule has 0 saturated heterocycles. The van der Waals surface area contributed by atoms with Gasteiger partial charge in [-0.25, -0.2) is 0 Å². The van der Waals surface area contributed by atoms with Crippen molar-refractivity contribution in [2.45, 2.75) is 57.8 Å². The molecule has 1 saturated carbocycles. The van der Waals surface area contributed by atoms with E-state index in [9.17, 15) is 19.2 Å². The summed E-state index contributed by atoms with van der Waals surface area (Å²) in [6.07, 6.45) is 3.23. The van der Waals surface area contributed by atoms with Crippen LogP contribution >= 0.6 is 0 Å². The lowest BCUT2D eigenvalue weighted by Gasteiger charge is -2.36. The number of carboxylic acids is 2. The van der Waals surface area contributed by atoms with Crippen LogP contribution in [0.5, 0.6) is 0 Å². The van der Waals surface area contributed by atoms with Gasteiger partial charge in [0.25, 0.3) is 0 Å². The molecule has 1 fully saturated rings. The lowest BCUT2D eigenvalue weighted by molar-refractivity contribution is -0.141. The first kappa shape index (κ1) is 16.3. The van der Waals surface area contributed by atoms with Crippen molar-refractivity contribution in [3.05, 3.63) is 0 Å². The van der Waals surface area contributed by atoms with Crippen LogP contribution in [-0.2, 0) is 19.2 Å². The summed E-state index contributed by atoms with van der Waals surface area (Å²) in [7, 11) is 0. The van der Waals surface area contributed by atoms with Gasteiger partial charge in [-0.3, -0.25) is 19.2 Å². The fourth-order valence-electron chi connectivity index (χ4n) is 3.02. The lowest BCUT2D eigenvalue weighted by atomic mass is 9.67. The van der Waals surface area contributed by atoms with E-state index in [4.69, 9.17) is 10.2 Å². The summed E-state index contributed by atoms with van der Waals surface area (Å²) in [5.41, 5.74) is -0.530. The highest BCUT2D eigenvalue weighted by atomic mass is 16.4. The zero-order valence-corrected chi connectivity index (χ0v) is 11.4. The summed E-state index contributed by atoms with van der Waals surface area (Å²) in [6, 6.07) is 0. The summed E-state index contributed by atoms with van der Waals surface area (Å²) in [4.78, 5) is 44.6. The van der Waals surface area contributed by atoms with E-state index < -0.39 is 30.2 Å². The first-order chi connectivity index (χ1) is 9.33. The van der Waals surface area contributed by atoms with Gasteiger partial charge in [0.05, 0.1) is 0 Å². The third-order valence-electron chi connectivity index (χ3n) is 3.76. The van der Waals surface area contributed by atoms with E-state index in [0.29, 0.717) is 12.8 Å². The molecule has 0 heterocycles. The van der Waals surface area contributed by atoms with Gasteiger partial charge in [-0.2, -0.15) is 0 Å². The molecule has 0 amide bonds. The number of hydrogen-bond acceptors (Lipinski definition) is 4. The Labute approximate surface area is 117 Å². The van der Waals surface area contributed by atoms with Crippen LogP contribution in [0.4, 0.5) is 0 Å². The SMILES string of the molecule is O=C(O)CC(=O)CC1(CC(=O)CC(=O)O)CCCCC1. The number of Topliss-reactive ketones (excluding diaryl/α,β-unsaturated/α-hetero) is 2. The van der Waals surface area contributed by atoms with Gasteiger partial charge in [0.1, 0.15) is 24.4 Å². The molecule has 0 radical (unpaired) electrons. The zero-order chi connectivity index (χ0) is 15.2. The maximum atomic E-state index is 11.7. The largest absolute Gasteiger partial charge is 0.481 e. The minimum Gasteiger partial charge on any atom is -0.481 e. The molecular formula is C14H20O6. The molecule has 0 aromatic heterocycles. The van der Waals surface area contributed by atoms with Crippen LogP contribution in [0.15, 0.2) is 0 Å². The monoisotopic (exact) mass is 284 g/mol. The molecule has 1 aliphatic carbocycles. The van der Waals surface area contributed by atoms with Crippen LogP contribution in [0.3, 0.4) is 0 Å². The van der Waals surface area contributed by atoms with Gasteiger partial charge in [-0.05, 0) is 18.3 Å². The van der Waals surface area contributed by atoms with E-state index in [1.54, 1.807) is 0 Å². The first-order valence-electron chi connectivity index (χ1n) is 6.80. The molecular weight excluding hydrogens is 264 g/mol. The van der Waals surface area contributed by atoms with Gasteiger partial charge in [-0.1, -0.05) is 19.3 Å². The fraction of sp³-hybridized carbons (Fsp3) is 0.714. The highest BCUT2D eigenvalue weighted by Gasteiger charge is 2.36. The van der Waals surface area contributed by atoms with Gasteiger partial charge in [0.2, 0.25) is 0 Å². The Morgan fingerprint density at radius 1 is 0.750 bits per heavy atom. The standard InChI is InChI=1S/C14H20O6/c15-10(6-12(17)18)8-14(4-2-1-3-5-14)9-11(16)7-13(19)20/h1-9H2,(H,17,18)(H,19,20). The number of aliphatic carboxylic acids is 2. The Hall–Kier alpha value is -1.72. The molecule has 0 bridgehead atoms. The summed E-state index contributed by atoms with van der Waals surface area (Å²) < 4.78 is 0. The van der Waals surface area contributed by atoms with Crippen LogP contribution in [0.25, 0.3) is 0 Å². The molecule has 112 valence electrons. The predicted molar refractivity (Wildman–Crippen MR) is 69.3 cm³/mol. The topological polar surface area (TPSA) is 109 Å². The highest BCUT2D eigenvalue weighted by molar-refractivity contribution is 5.97. The maximum absolute atomic E-state index is 11.7. The summed E-state index contributed by atoms with van der Waals surface area (Å²) in [5.74, 6) is -3.11. The minimum atomic E-state index is -1.17. The predicted octanol–water partition coefficient (Wildman–Crippen LogP) is 1.80. The van der Waals surface area contributed by atoms with Crippen LogP contribution in [0.1, 0.15) is 57.8 Å². The first-order valence-corrected chi connectivity index (χ1v) is 6.80. The van der Waals surface area contributed by atoms with Crippen molar-refractivity contribution in [1.29, 1.82) is 0 Å². The van der Waals surface area contributed by atoms with Crippen LogP contribution in [0, 0.1) is 5.41 Å². The molecule has 0 aromatic carbocycles. The molecule has 1 aliphatic rings. The zero-order valence-electron chi connectivity index (χ0n) is 11.4. The van der Waals surface area contributed by atoms with Gasteiger partial charge >= 0.3 is 11.9 Å². The van der Waals surface area contributed by atoms with Gasteiger partial charge in [-0.15, -0.1) is 0 Å². The molecule has 0 atom stereocenters. The molecule has 0 aromatic rings. The Morgan fingerprint density at radius 2 is 1.15 bits per heavy atom. The average molecular weight is 284 g/mol. The van der Waals surface area contributed by atoms with Gasteiger partial charge in [0, 0.05) is 12.8 Å². The van der Waals surface area contributed by atoms with Crippen molar-refractivity contribution in [3.63, 3.8) is 0 Å². The summed E-state index contributed by atoms with van der Waals surface area (Å²) >= 11 is 0. The molecule has 0 aliphatic heterocycles. The Balaban J connectivity index is 2.70. The fourth-order valence-corrected chi connectivity index (χ4v) is 3.02. The number of rotatable bonds is 8. The van der Waals surface area contributed by atoms with E-state index in [1.807, 2.05) is 0 Å². The molecule has 2 N–H and O–H groups in total. The number of carbonyl (C=O) groups excluding carboxylic acids is 2. The van der Waals surface area contributed by atoms with Gasteiger partial charge in [0.15, 0.2) is 0 Å². The number of carbonyl (C=O) groups is 4. The summed E-state index contributed by atoms with van der Waals surface area (Å²) in [5, 5.41) is 17.3. The van der Waals surface area contributed by atoms with Crippen LogP contribution in [-0.4, -0.2) is 33.7 Å². The molecule has 20 heavy (non-hydrogen) atoms. The van der Waals surface area contributed by atoms with Crippen LogP contribution in [0.2, 0.25) is 0 Å². The molecule has 6 nitrogen and oxygen atoms in total. The van der Waals surface area contributed by atoms with Crippen molar-refractivity contribution >= 4 is 23.5 Å². The highest BCUT2D eigenvalue weighted by Crippen LogP contribution is 2.43. The Bertz CT molecular complexity index is 374. The van der Waals surface area contributed by atoms with E-state index in [0.717, 1.165) is 19.3 Å². The quantitative estimate of drug-likeness (QED) is 0.658. The van der Waals surface area contributed by atoms with Crippen molar-refractivity contribution in [3.8, 4) is 0 Å². The van der Waals surface area contributed by atoms with E-state index >= 15 is 0 Å². The van der Waals surface area contributed by atoms with E-state index in [2.05, 4.69) is 0 Å². The minimum absolute atomic E-state index is 0.0602. The second kappa shape index (κ2) is 7.17. The third-order valence-corrected chi connectivity index (χ3v) is 3.76. The van der Waals surface area contributed by atoms with Crippen molar-refractivity contribution in [2.75, 3.05) is 0 Å². The smallest absolute Gasteiger partial charge is 0.310 e. The Kier molecular flexibility index (Phi) is 5.85. The molecule has 1 rings (SSSR count). The van der Waals surface area contributed by atoms with Crippen molar-refractivity contribution in [1.82, 2.24) is 0 Å². The van der Waals surface area contributed by atoms with Gasteiger partial charge < -0.3 is 10.2 Å². The van der Waals surface area contributed by atoms with Crippen molar-refractivity contribution in [2.24, 2.45) is 5.41 Å². The maximum Gasteiger partial charge on any atom is 0.310 e. The number of carboxylic acid groups (broad SMARTS) is 2. The van der Waals surface area contributed by atoms with E-state index in [-0.39, 0.29) is 24.4 Å². The number of hydrogen-bond donors (Lipinski definition) is 2. The van der Waals surface area contributed by atoms with E-state index in [1.165, 1.54) is 0 Å². The van der Waals surface area contributed by atoms with Crippen LogP contribution < -0.4 is 0 Å². The second-order valence-corrected chi connectivity index (χ2v) is 5.63. The molecule has 6 heteroatoms. The molecule has 0 spiro atoms. The third kappa shape index (κ3) is 5.50. The molecule has 0 unspecified atom stereocenters. The summed E-state index contributed by atoms with van der Waals surface area (Å²) in [6.45, 7) is 0. The van der Waals surface area contributed by atoms with Crippen molar-refractivity contribution < 1.29 is 29.4 Å². The lowest BCUT2D eigenvalue weighted by Crippen LogP contribution is -2.31.